The molecule has 0 fully saturated rings. The van der Waals surface area contributed by atoms with E-state index >= 15 is 0 Å². The van der Waals surface area contributed by atoms with Crippen molar-refractivity contribution in [3.8, 4) is 0 Å². The number of Topliss-reactive ketones (excluding diaryl/α,β-unsaturated/α-hetero) is 1. The average Bonchev–Trinajstić information content (AvgIpc) is 2.98. The number of benzene rings is 1. The molecule has 6 heteroatoms. The number of hydrogen-bond acceptors (Lipinski definition) is 4. The van der Waals surface area contributed by atoms with Gasteiger partial charge >= 0.3 is 0 Å². The third-order valence-corrected chi connectivity index (χ3v) is 3.74. The molecule has 3 rings (SSSR count). The molecule has 0 aliphatic carbocycles. The number of nitrogens with zero attached hydrogens (tertiary/aromatic N) is 3. The minimum Gasteiger partial charge on any atom is -0.326 e. The highest BCUT2D eigenvalue weighted by molar-refractivity contribution is 5.97. The Bertz CT molecular complexity index is 885. The number of nitrogens with one attached hydrogen (secondary N) is 1. The maximum atomic E-state index is 12.0. The summed E-state index contributed by atoms with van der Waals surface area (Å²) in [5, 5.41) is 11.1. The molecule has 1 N–H and O–H groups in total. The molecule has 0 saturated heterocycles. The lowest BCUT2D eigenvalue weighted by Gasteiger charge is -2.06. The van der Waals surface area contributed by atoms with Gasteiger partial charge < -0.3 is 5.32 Å². The van der Waals surface area contributed by atoms with Gasteiger partial charge in [-0.15, -0.1) is 10.2 Å². The van der Waals surface area contributed by atoms with Crippen molar-refractivity contribution in [2.24, 2.45) is 0 Å². The highest BCUT2D eigenvalue weighted by atomic mass is 16.1. The number of anilines is 1. The number of hydrogen-bond donors (Lipinski definition) is 1. The van der Waals surface area contributed by atoms with Gasteiger partial charge in [0.15, 0.2) is 11.4 Å². The van der Waals surface area contributed by atoms with E-state index in [0.717, 1.165) is 11.5 Å². The Hall–Kier alpha value is -3.02. The van der Waals surface area contributed by atoms with E-state index < -0.39 is 0 Å². The number of carbonyl (C=O) groups excluding carboxylic acids is 2. The lowest BCUT2D eigenvalue weighted by Crippen LogP contribution is -2.12. The molecule has 6 nitrogen and oxygen atoms in total. The molecule has 0 saturated carbocycles. The smallest absolute Gasteiger partial charge is 0.224 e. The highest BCUT2D eigenvalue weighted by Gasteiger charge is 2.08. The first-order valence-corrected chi connectivity index (χ1v) is 7.83. The lowest BCUT2D eigenvalue weighted by molar-refractivity contribution is -0.116. The zero-order valence-corrected chi connectivity index (χ0v) is 13.4. The molecule has 0 bridgehead atoms. The van der Waals surface area contributed by atoms with Gasteiger partial charge in [0.25, 0.3) is 0 Å². The fraction of sp³-hybridized carbons (Fsp3) is 0.222. The van der Waals surface area contributed by atoms with Gasteiger partial charge in [-0.05, 0) is 37.6 Å². The van der Waals surface area contributed by atoms with Crippen molar-refractivity contribution < 1.29 is 9.59 Å². The molecule has 0 spiro atoms. The highest BCUT2D eigenvalue weighted by Crippen LogP contribution is 2.12. The Morgan fingerprint density at radius 3 is 2.83 bits per heavy atom. The summed E-state index contributed by atoms with van der Waals surface area (Å²) in [5.41, 5.74) is 2.03. The molecule has 24 heavy (non-hydrogen) atoms. The molecule has 1 aromatic carbocycles. The Morgan fingerprint density at radius 1 is 1.12 bits per heavy atom. The number of aromatic nitrogens is 3. The Balaban J connectivity index is 1.54. The Kier molecular flexibility index (Phi) is 4.65. The third kappa shape index (κ3) is 3.65. The molecular formula is C18H18N4O2. The third-order valence-electron chi connectivity index (χ3n) is 3.74. The molecule has 122 valence electrons. The number of rotatable bonds is 6. The van der Waals surface area contributed by atoms with Crippen molar-refractivity contribution in [2.45, 2.75) is 26.2 Å². The van der Waals surface area contributed by atoms with Gasteiger partial charge in [-0.2, -0.15) is 0 Å². The van der Waals surface area contributed by atoms with E-state index in [1.54, 1.807) is 24.3 Å². The van der Waals surface area contributed by atoms with Crippen molar-refractivity contribution in [3.63, 3.8) is 0 Å². The van der Waals surface area contributed by atoms with Crippen LogP contribution in [0, 0.1) is 0 Å². The van der Waals surface area contributed by atoms with Crippen LogP contribution in [0.2, 0.25) is 0 Å². The molecule has 0 atom stereocenters. The molecular weight excluding hydrogens is 304 g/mol. The van der Waals surface area contributed by atoms with Crippen molar-refractivity contribution in [2.75, 3.05) is 5.32 Å². The van der Waals surface area contributed by atoms with Crippen LogP contribution in [0.5, 0.6) is 0 Å². The topological polar surface area (TPSA) is 76.4 Å². The van der Waals surface area contributed by atoms with Crippen LogP contribution in [-0.2, 0) is 11.2 Å². The quantitative estimate of drug-likeness (QED) is 0.708. The van der Waals surface area contributed by atoms with Crippen LogP contribution in [0.4, 0.5) is 5.69 Å². The number of aryl methyl sites for hydroxylation is 1. The van der Waals surface area contributed by atoms with E-state index in [0.29, 0.717) is 30.5 Å². The molecule has 0 radical (unpaired) electrons. The predicted octanol–water partition coefficient (Wildman–Crippen LogP) is 2.89. The minimum absolute atomic E-state index is 0.0233. The van der Waals surface area contributed by atoms with Crippen molar-refractivity contribution >= 4 is 23.0 Å². The Morgan fingerprint density at radius 2 is 2.00 bits per heavy atom. The average molecular weight is 322 g/mol. The molecule has 0 aliphatic heterocycles. The van der Waals surface area contributed by atoms with Gasteiger partial charge in [0, 0.05) is 30.3 Å². The number of fused-ring (bicyclic) bond motifs is 1. The van der Waals surface area contributed by atoms with E-state index in [1.165, 1.54) is 6.92 Å². The van der Waals surface area contributed by atoms with Crippen LogP contribution in [0.3, 0.4) is 0 Å². The number of ketones is 1. The Labute approximate surface area is 139 Å². The molecule has 3 aromatic rings. The summed E-state index contributed by atoms with van der Waals surface area (Å²) in [5.74, 6) is 0.742. The molecule has 2 aromatic heterocycles. The van der Waals surface area contributed by atoms with Crippen LogP contribution in [0.25, 0.3) is 5.65 Å². The maximum absolute atomic E-state index is 12.0. The van der Waals surface area contributed by atoms with E-state index in [1.807, 2.05) is 28.8 Å². The van der Waals surface area contributed by atoms with E-state index in [2.05, 4.69) is 15.5 Å². The molecule has 0 unspecified atom stereocenters. The van der Waals surface area contributed by atoms with Crippen LogP contribution in [0.1, 0.15) is 35.9 Å². The first-order chi connectivity index (χ1) is 11.6. The fourth-order valence-electron chi connectivity index (χ4n) is 2.51. The van der Waals surface area contributed by atoms with E-state index in [-0.39, 0.29) is 11.7 Å². The van der Waals surface area contributed by atoms with Gasteiger partial charge in [0.1, 0.15) is 5.82 Å². The van der Waals surface area contributed by atoms with Crippen LogP contribution >= 0.6 is 0 Å². The van der Waals surface area contributed by atoms with Crippen molar-refractivity contribution in [3.05, 3.63) is 60.0 Å². The van der Waals surface area contributed by atoms with Crippen LogP contribution in [-0.4, -0.2) is 26.3 Å². The van der Waals surface area contributed by atoms with E-state index in [9.17, 15) is 9.59 Å². The second-order valence-corrected chi connectivity index (χ2v) is 5.58. The van der Waals surface area contributed by atoms with Gasteiger partial charge in [0.2, 0.25) is 5.91 Å². The summed E-state index contributed by atoms with van der Waals surface area (Å²) >= 11 is 0. The lowest BCUT2D eigenvalue weighted by atomic mass is 10.1. The predicted molar refractivity (Wildman–Crippen MR) is 91.0 cm³/mol. The second kappa shape index (κ2) is 7.04. The zero-order chi connectivity index (χ0) is 16.9. The summed E-state index contributed by atoms with van der Waals surface area (Å²) in [6.07, 6.45) is 3.64. The minimum atomic E-state index is -0.0791. The SMILES string of the molecule is CC(=O)c1cccc(NC(=O)CCCc2nnc3ccccn23)c1. The van der Waals surface area contributed by atoms with Gasteiger partial charge in [-0.3, -0.25) is 14.0 Å². The second-order valence-electron chi connectivity index (χ2n) is 5.58. The van der Waals surface area contributed by atoms with Crippen LogP contribution < -0.4 is 5.32 Å². The summed E-state index contributed by atoms with van der Waals surface area (Å²) in [7, 11) is 0. The maximum Gasteiger partial charge on any atom is 0.224 e. The number of amides is 1. The van der Waals surface area contributed by atoms with Crippen molar-refractivity contribution in [1.82, 2.24) is 14.6 Å². The first-order valence-electron chi connectivity index (χ1n) is 7.83. The number of carbonyl (C=O) groups is 2. The largest absolute Gasteiger partial charge is 0.326 e. The summed E-state index contributed by atoms with van der Waals surface area (Å²) < 4.78 is 1.92. The summed E-state index contributed by atoms with van der Waals surface area (Å²) in [6.45, 7) is 1.50. The van der Waals surface area contributed by atoms with Gasteiger partial charge in [0.05, 0.1) is 0 Å². The molecule has 1 amide bonds. The summed E-state index contributed by atoms with van der Waals surface area (Å²) in [4.78, 5) is 23.4. The molecule has 0 aliphatic rings. The number of pyridine rings is 1. The first kappa shape index (κ1) is 15.9. The fourth-order valence-corrected chi connectivity index (χ4v) is 2.51. The van der Waals surface area contributed by atoms with Gasteiger partial charge in [-0.25, -0.2) is 0 Å². The normalized spacial score (nSPS) is 10.7. The van der Waals surface area contributed by atoms with Crippen molar-refractivity contribution in [1.29, 1.82) is 0 Å². The zero-order valence-electron chi connectivity index (χ0n) is 13.4. The van der Waals surface area contributed by atoms with Gasteiger partial charge in [-0.1, -0.05) is 18.2 Å². The van der Waals surface area contributed by atoms with E-state index in [4.69, 9.17) is 0 Å². The monoisotopic (exact) mass is 322 g/mol. The summed E-state index contributed by atoms with van der Waals surface area (Å²) in [6, 6.07) is 12.7. The standard InChI is InChI=1S/C18H18N4O2/c1-13(23)14-6-4-7-15(12-14)19-18(24)10-5-9-17-21-20-16-8-2-3-11-22(16)17/h2-4,6-8,11-12H,5,9-10H2,1H3,(H,19,24). The molecule has 2 heterocycles. The van der Waals surface area contributed by atoms with Crippen LogP contribution in [0.15, 0.2) is 48.7 Å².